The Kier molecular flexibility index (Phi) is 4.88. The molecular formula is C15H17N3O4. The molecule has 0 bridgehead atoms. The lowest BCUT2D eigenvalue weighted by Crippen LogP contribution is -2.35. The number of amides is 1. The fraction of sp³-hybridized carbons (Fsp3) is 0.333. The van der Waals surface area contributed by atoms with E-state index in [0.717, 1.165) is 6.42 Å². The summed E-state index contributed by atoms with van der Waals surface area (Å²) in [5.74, 6) is -1.14. The summed E-state index contributed by atoms with van der Waals surface area (Å²) in [4.78, 5) is 35.3. The molecule has 1 aromatic carbocycles. The van der Waals surface area contributed by atoms with E-state index in [1.54, 1.807) is 24.3 Å². The predicted molar refractivity (Wildman–Crippen MR) is 80.5 cm³/mol. The van der Waals surface area contributed by atoms with Gasteiger partial charge in [-0.15, -0.1) is 0 Å². The number of nitrogens with one attached hydrogen (secondary N) is 2. The van der Waals surface area contributed by atoms with Crippen LogP contribution in [0.15, 0.2) is 29.1 Å². The number of fused-ring (bicyclic) bond motifs is 1. The van der Waals surface area contributed by atoms with Crippen LogP contribution in [0.2, 0.25) is 0 Å². The second-order valence-electron chi connectivity index (χ2n) is 4.90. The number of aromatic nitrogens is 2. The van der Waals surface area contributed by atoms with E-state index < -0.39 is 12.6 Å². The van der Waals surface area contributed by atoms with Crippen LogP contribution in [0.3, 0.4) is 0 Å². The van der Waals surface area contributed by atoms with E-state index in [1.165, 1.54) is 0 Å². The molecule has 1 atom stereocenters. The van der Waals surface area contributed by atoms with E-state index in [4.69, 9.17) is 4.74 Å². The molecule has 0 fully saturated rings. The Hall–Kier alpha value is -2.70. The van der Waals surface area contributed by atoms with Crippen LogP contribution in [-0.4, -0.2) is 34.7 Å². The van der Waals surface area contributed by atoms with E-state index >= 15 is 0 Å². The van der Waals surface area contributed by atoms with E-state index in [1.807, 2.05) is 13.8 Å². The van der Waals surface area contributed by atoms with Gasteiger partial charge in [0.2, 0.25) is 0 Å². The van der Waals surface area contributed by atoms with Crippen molar-refractivity contribution >= 4 is 22.6 Å². The Bertz CT molecular complexity index is 754. The van der Waals surface area contributed by atoms with Crippen LogP contribution >= 0.6 is 0 Å². The van der Waals surface area contributed by atoms with Crippen LogP contribution in [0.5, 0.6) is 0 Å². The van der Waals surface area contributed by atoms with Gasteiger partial charge in [0.1, 0.15) is 0 Å². The second-order valence-corrected chi connectivity index (χ2v) is 4.90. The average Bonchev–Trinajstić information content (AvgIpc) is 2.53. The lowest BCUT2D eigenvalue weighted by atomic mass is 10.1. The smallest absolute Gasteiger partial charge is 0.359 e. The molecule has 7 nitrogen and oxygen atoms in total. The fourth-order valence-electron chi connectivity index (χ4n) is 1.89. The van der Waals surface area contributed by atoms with Crippen molar-refractivity contribution in [3.63, 3.8) is 0 Å². The van der Waals surface area contributed by atoms with Crippen molar-refractivity contribution in [3.8, 4) is 0 Å². The molecule has 0 unspecified atom stereocenters. The van der Waals surface area contributed by atoms with Crippen molar-refractivity contribution in [2.24, 2.45) is 0 Å². The molecule has 1 aromatic heterocycles. The van der Waals surface area contributed by atoms with Gasteiger partial charge in [0.15, 0.2) is 12.3 Å². The Morgan fingerprint density at radius 2 is 2.00 bits per heavy atom. The maximum absolute atomic E-state index is 12.0. The number of rotatable bonds is 5. The van der Waals surface area contributed by atoms with Gasteiger partial charge in [0.05, 0.1) is 5.39 Å². The Labute approximate surface area is 126 Å². The van der Waals surface area contributed by atoms with Gasteiger partial charge in [-0.2, -0.15) is 5.10 Å². The number of benzene rings is 1. The van der Waals surface area contributed by atoms with Gasteiger partial charge in [-0.25, -0.2) is 9.89 Å². The van der Waals surface area contributed by atoms with Gasteiger partial charge in [0, 0.05) is 11.4 Å². The summed E-state index contributed by atoms with van der Waals surface area (Å²) in [7, 11) is 0. The molecule has 1 amide bonds. The molecule has 2 aromatic rings. The number of carbonyl (C=O) groups excluding carboxylic acids is 2. The largest absolute Gasteiger partial charge is 0.451 e. The third-order valence-electron chi connectivity index (χ3n) is 3.24. The summed E-state index contributed by atoms with van der Waals surface area (Å²) in [6.07, 6.45) is 0.784. The van der Waals surface area contributed by atoms with Gasteiger partial charge >= 0.3 is 5.97 Å². The molecule has 0 saturated carbocycles. The maximum Gasteiger partial charge on any atom is 0.359 e. The average molecular weight is 303 g/mol. The standard InChI is InChI=1S/C15H17N3O4/c1-3-9(2)16-12(19)8-22-15(21)13-10-6-4-5-7-11(10)14(20)18-17-13/h4-7,9H,3,8H2,1-2H3,(H,16,19)(H,18,20)/t9-/m1/s1. The number of ether oxygens (including phenoxy) is 1. The lowest BCUT2D eigenvalue weighted by Gasteiger charge is -2.11. The molecule has 22 heavy (non-hydrogen) atoms. The molecule has 0 aliphatic rings. The first-order valence-corrected chi connectivity index (χ1v) is 6.96. The lowest BCUT2D eigenvalue weighted by molar-refractivity contribution is -0.124. The van der Waals surface area contributed by atoms with Crippen molar-refractivity contribution < 1.29 is 14.3 Å². The second kappa shape index (κ2) is 6.84. The highest BCUT2D eigenvalue weighted by molar-refractivity contribution is 6.02. The summed E-state index contributed by atoms with van der Waals surface area (Å²) in [6, 6.07) is 6.58. The van der Waals surface area contributed by atoms with Crippen molar-refractivity contribution in [1.29, 1.82) is 0 Å². The number of nitrogens with zero attached hydrogens (tertiary/aromatic N) is 1. The number of hydrogen-bond donors (Lipinski definition) is 2. The first-order valence-electron chi connectivity index (χ1n) is 6.96. The normalized spacial score (nSPS) is 11.9. The minimum atomic E-state index is -0.758. The Morgan fingerprint density at radius 3 is 2.68 bits per heavy atom. The van der Waals surface area contributed by atoms with Crippen LogP contribution in [0.25, 0.3) is 10.8 Å². The zero-order valence-electron chi connectivity index (χ0n) is 12.4. The molecule has 2 rings (SSSR count). The maximum atomic E-state index is 12.0. The molecule has 0 saturated heterocycles. The SMILES string of the molecule is CC[C@@H](C)NC(=O)COC(=O)c1n[nH]c(=O)c2ccccc12. The number of carbonyl (C=O) groups is 2. The molecule has 116 valence electrons. The van der Waals surface area contributed by atoms with Gasteiger partial charge in [-0.3, -0.25) is 9.59 Å². The molecule has 0 radical (unpaired) electrons. The van der Waals surface area contributed by atoms with Crippen LogP contribution in [0.1, 0.15) is 30.8 Å². The number of H-pyrrole nitrogens is 1. The van der Waals surface area contributed by atoms with Crippen LogP contribution in [0.4, 0.5) is 0 Å². The molecule has 0 aliphatic heterocycles. The number of aromatic amines is 1. The molecular weight excluding hydrogens is 286 g/mol. The summed E-state index contributed by atoms with van der Waals surface area (Å²) in [5.41, 5.74) is -0.409. The van der Waals surface area contributed by atoms with E-state index in [-0.39, 0.29) is 23.2 Å². The van der Waals surface area contributed by atoms with Gasteiger partial charge in [0.25, 0.3) is 11.5 Å². The van der Waals surface area contributed by atoms with Crippen LogP contribution < -0.4 is 10.9 Å². The minimum absolute atomic E-state index is 0.0123. The Balaban J connectivity index is 2.12. The van der Waals surface area contributed by atoms with Crippen molar-refractivity contribution in [1.82, 2.24) is 15.5 Å². The molecule has 0 aliphatic carbocycles. The topological polar surface area (TPSA) is 101 Å². The van der Waals surface area contributed by atoms with Gasteiger partial charge in [-0.1, -0.05) is 25.1 Å². The van der Waals surface area contributed by atoms with Crippen LogP contribution in [0, 0.1) is 0 Å². The van der Waals surface area contributed by atoms with Crippen molar-refractivity contribution in [3.05, 3.63) is 40.3 Å². The fourth-order valence-corrected chi connectivity index (χ4v) is 1.89. The van der Waals surface area contributed by atoms with E-state index in [9.17, 15) is 14.4 Å². The highest BCUT2D eigenvalue weighted by atomic mass is 16.5. The summed E-state index contributed by atoms with van der Waals surface area (Å²) in [5, 5.41) is 9.38. The molecule has 2 N–H and O–H groups in total. The summed E-state index contributed by atoms with van der Waals surface area (Å²) >= 11 is 0. The van der Waals surface area contributed by atoms with Crippen LogP contribution in [-0.2, 0) is 9.53 Å². The Morgan fingerprint density at radius 1 is 1.32 bits per heavy atom. The molecule has 7 heteroatoms. The monoisotopic (exact) mass is 303 g/mol. The first kappa shape index (κ1) is 15.7. The number of hydrogen-bond acceptors (Lipinski definition) is 5. The summed E-state index contributed by atoms with van der Waals surface area (Å²) < 4.78 is 4.95. The van der Waals surface area contributed by atoms with Crippen molar-refractivity contribution in [2.45, 2.75) is 26.3 Å². The predicted octanol–water partition coefficient (Wildman–Crippen LogP) is 0.995. The highest BCUT2D eigenvalue weighted by Crippen LogP contribution is 2.13. The van der Waals surface area contributed by atoms with Crippen molar-refractivity contribution in [2.75, 3.05) is 6.61 Å². The molecule has 1 heterocycles. The minimum Gasteiger partial charge on any atom is -0.451 e. The number of esters is 1. The van der Waals surface area contributed by atoms with E-state index in [0.29, 0.717) is 10.8 Å². The van der Waals surface area contributed by atoms with E-state index in [2.05, 4.69) is 15.5 Å². The third kappa shape index (κ3) is 3.49. The highest BCUT2D eigenvalue weighted by Gasteiger charge is 2.17. The summed E-state index contributed by atoms with van der Waals surface area (Å²) in [6.45, 7) is 3.41. The van der Waals surface area contributed by atoms with Gasteiger partial charge < -0.3 is 10.1 Å². The quantitative estimate of drug-likeness (QED) is 0.802. The van der Waals surface area contributed by atoms with Gasteiger partial charge in [-0.05, 0) is 19.4 Å². The third-order valence-corrected chi connectivity index (χ3v) is 3.24. The zero-order valence-corrected chi connectivity index (χ0v) is 12.4. The first-order chi connectivity index (χ1) is 10.5. The molecule has 0 spiro atoms. The zero-order chi connectivity index (χ0) is 16.1.